The van der Waals surface area contributed by atoms with Crippen LogP contribution < -0.4 is 0 Å². The van der Waals surface area contributed by atoms with E-state index in [1.807, 2.05) is 0 Å². The van der Waals surface area contributed by atoms with Crippen LogP contribution in [-0.4, -0.2) is 9.55 Å². The Morgan fingerprint density at radius 2 is 1.00 bits per heavy atom. The summed E-state index contributed by atoms with van der Waals surface area (Å²) in [4.78, 5) is 3.59. The average molecular weight is 535 g/mol. The van der Waals surface area contributed by atoms with Crippen LogP contribution in [0.3, 0.4) is 0 Å². The second kappa shape index (κ2) is 8.95. The second-order valence-corrected chi connectivity index (χ2v) is 11.1. The molecule has 2 heterocycles. The second-order valence-electron chi connectivity index (χ2n) is 11.1. The fourth-order valence-corrected chi connectivity index (χ4v) is 6.78. The zero-order valence-electron chi connectivity index (χ0n) is 22.9. The molecule has 0 bridgehead atoms. The summed E-state index contributed by atoms with van der Waals surface area (Å²) in [6.45, 7) is 0. The molecule has 196 valence electrons. The maximum atomic E-state index is 3.59. The number of hydrogen-bond acceptors (Lipinski definition) is 0. The zero-order valence-corrected chi connectivity index (χ0v) is 22.9. The van der Waals surface area contributed by atoms with Crippen molar-refractivity contribution in [1.29, 1.82) is 0 Å². The quantitative estimate of drug-likeness (QED) is 0.233. The van der Waals surface area contributed by atoms with E-state index < -0.39 is 0 Å². The third-order valence-corrected chi connectivity index (χ3v) is 8.72. The van der Waals surface area contributed by atoms with Crippen LogP contribution in [0.4, 0.5) is 0 Å². The molecule has 42 heavy (non-hydrogen) atoms. The molecule has 0 saturated carbocycles. The van der Waals surface area contributed by atoms with E-state index in [9.17, 15) is 0 Å². The molecule has 0 saturated heterocycles. The highest BCUT2D eigenvalue weighted by Gasteiger charge is 2.17. The van der Waals surface area contributed by atoms with Gasteiger partial charge in [-0.05, 0) is 64.0 Å². The molecule has 0 aliphatic carbocycles. The summed E-state index contributed by atoms with van der Waals surface area (Å²) in [7, 11) is 0. The summed E-state index contributed by atoms with van der Waals surface area (Å²) in [6.07, 6.45) is 0. The first-order valence-electron chi connectivity index (χ1n) is 14.5. The van der Waals surface area contributed by atoms with Gasteiger partial charge in [0.2, 0.25) is 0 Å². The molecule has 0 radical (unpaired) electrons. The molecule has 2 aromatic heterocycles. The number of aromatic nitrogens is 2. The van der Waals surface area contributed by atoms with Crippen LogP contribution in [0, 0.1) is 0 Å². The Balaban J connectivity index is 1.23. The SMILES string of the molecule is c1ccc(-n2c3ccccc3c3cc(-c4ccc(-c5ccc6c(c5)[nH]c5ccccc56)cc4)c4ccccc4c32)cc1. The Labute approximate surface area is 243 Å². The number of rotatable bonds is 3. The summed E-state index contributed by atoms with van der Waals surface area (Å²) in [5.41, 5.74) is 10.9. The van der Waals surface area contributed by atoms with Crippen molar-refractivity contribution >= 4 is 54.4 Å². The van der Waals surface area contributed by atoms with Crippen LogP contribution in [0.5, 0.6) is 0 Å². The summed E-state index contributed by atoms with van der Waals surface area (Å²) in [6, 6.07) is 55.0. The first-order valence-corrected chi connectivity index (χ1v) is 14.5. The minimum absolute atomic E-state index is 1.17. The molecule has 7 aromatic carbocycles. The van der Waals surface area contributed by atoms with Gasteiger partial charge in [-0.2, -0.15) is 0 Å². The number of fused-ring (bicyclic) bond motifs is 8. The molecular weight excluding hydrogens is 508 g/mol. The van der Waals surface area contributed by atoms with Gasteiger partial charge in [-0.1, -0.05) is 115 Å². The first kappa shape index (κ1) is 23.1. The highest BCUT2D eigenvalue weighted by Crippen LogP contribution is 2.41. The van der Waals surface area contributed by atoms with Gasteiger partial charge in [0.15, 0.2) is 0 Å². The predicted octanol–water partition coefficient (Wildman–Crippen LogP) is 10.9. The van der Waals surface area contributed by atoms with E-state index in [4.69, 9.17) is 0 Å². The molecule has 0 aliphatic rings. The van der Waals surface area contributed by atoms with Crippen LogP contribution in [0.25, 0.3) is 82.3 Å². The van der Waals surface area contributed by atoms with Crippen molar-refractivity contribution in [3.63, 3.8) is 0 Å². The Kier molecular flexibility index (Phi) is 4.93. The highest BCUT2D eigenvalue weighted by atomic mass is 15.0. The zero-order chi connectivity index (χ0) is 27.6. The average Bonchev–Trinajstić information content (AvgIpc) is 3.60. The van der Waals surface area contributed by atoms with E-state index in [0.29, 0.717) is 0 Å². The maximum absolute atomic E-state index is 3.59. The van der Waals surface area contributed by atoms with Crippen molar-refractivity contribution in [2.45, 2.75) is 0 Å². The Bertz CT molecular complexity index is 2440. The van der Waals surface area contributed by atoms with Crippen LogP contribution in [0.1, 0.15) is 0 Å². The van der Waals surface area contributed by atoms with Gasteiger partial charge >= 0.3 is 0 Å². The normalized spacial score (nSPS) is 11.8. The Hall–Kier alpha value is -5.60. The van der Waals surface area contributed by atoms with Gasteiger partial charge in [-0.15, -0.1) is 0 Å². The first-order chi connectivity index (χ1) is 20.8. The molecule has 2 heteroatoms. The number of hydrogen-bond donors (Lipinski definition) is 1. The lowest BCUT2D eigenvalue weighted by Crippen LogP contribution is -1.94. The minimum Gasteiger partial charge on any atom is -0.354 e. The summed E-state index contributed by atoms with van der Waals surface area (Å²) >= 11 is 0. The Morgan fingerprint density at radius 1 is 0.381 bits per heavy atom. The fourth-order valence-electron chi connectivity index (χ4n) is 6.78. The molecule has 1 N–H and O–H groups in total. The molecule has 0 spiro atoms. The van der Waals surface area contributed by atoms with Crippen LogP contribution in [0.15, 0.2) is 152 Å². The fraction of sp³-hybridized carbons (Fsp3) is 0. The largest absolute Gasteiger partial charge is 0.354 e. The van der Waals surface area contributed by atoms with Crippen molar-refractivity contribution < 1.29 is 0 Å². The van der Waals surface area contributed by atoms with E-state index in [1.54, 1.807) is 0 Å². The number of para-hydroxylation sites is 3. The van der Waals surface area contributed by atoms with Gasteiger partial charge in [0.25, 0.3) is 0 Å². The molecule has 0 aliphatic heterocycles. The molecule has 9 aromatic rings. The van der Waals surface area contributed by atoms with Gasteiger partial charge in [0, 0.05) is 43.7 Å². The van der Waals surface area contributed by atoms with Crippen molar-refractivity contribution in [3.05, 3.63) is 152 Å². The predicted molar refractivity (Wildman–Crippen MR) is 179 cm³/mol. The summed E-state index contributed by atoms with van der Waals surface area (Å²) < 4.78 is 2.42. The molecule has 0 unspecified atom stereocenters. The van der Waals surface area contributed by atoms with Crippen molar-refractivity contribution in [1.82, 2.24) is 9.55 Å². The summed E-state index contributed by atoms with van der Waals surface area (Å²) in [5, 5.41) is 7.60. The number of H-pyrrole nitrogens is 1. The smallest absolute Gasteiger partial charge is 0.0619 e. The molecular formula is C40H26N2. The van der Waals surface area contributed by atoms with Gasteiger partial charge in [0.05, 0.1) is 11.0 Å². The third-order valence-electron chi connectivity index (χ3n) is 8.72. The molecule has 0 fully saturated rings. The van der Waals surface area contributed by atoms with Crippen molar-refractivity contribution in [2.24, 2.45) is 0 Å². The Morgan fingerprint density at radius 3 is 1.83 bits per heavy atom. The molecule has 0 atom stereocenters. The number of aromatic amines is 1. The van der Waals surface area contributed by atoms with Crippen molar-refractivity contribution in [3.8, 4) is 27.9 Å². The number of nitrogens with one attached hydrogen (secondary N) is 1. The molecule has 2 nitrogen and oxygen atoms in total. The molecule has 9 rings (SSSR count). The standard InChI is InChI=1S/C40H26N2/c1-2-10-29(11-3-1)42-39-17-9-7-14-33(39)36-25-35(30-12-4-5-15-34(30)40(36)42)27-20-18-26(19-21-27)28-22-23-32-31-13-6-8-16-37(31)41-38(32)24-28/h1-25,41H. The van der Waals surface area contributed by atoms with E-state index in [-0.39, 0.29) is 0 Å². The monoisotopic (exact) mass is 534 g/mol. The van der Waals surface area contributed by atoms with Crippen LogP contribution in [-0.2, 0) is 0 Å². The van der Waals surface area contributed by atoms with E-state index in [1.165, 1.54) is 82.3 Å². The van der Waals surface area contributed by atoms with Gasteiger partial charge in [0.1, 0.15) is 0 Å². The van der Waals surface area contributed by atoms with Crippen LogP contribution in [0.2, 0.25) is 0 Å². The highest BCUT2D eigenvalue weighted by molar-refractivity contribution is 6.22. The van der Waals surface area contributed by atoms with E-state index in [0.717, 1.165) is 0 Å². The van der Waals surface area contributed by atoms with E-state index in [2.05, 4.69) is 161 Å². The third kappa shape index (κ3) is 3.39. The maximum Gasteiger partial charge on any atom is 0.0619 e. The lowest BCUT2D eigenvalue weighted by molar-refractivity contribution is 1.19. The summed E-state index contributed by atoms with van der Waals surface area (Å²) in [5.74, 6) is 0. The number of benzene rings is 7. The van der Waals surface area contributed by atoms with Crippen molar-refractivity contribution in [2.75, 3.05) is 0 Å². The minimum atomic E-state index is 1.17. The van der Waals surface area contributed by atoms with Gasteiger partial charge in [-0.25, -0.2) is 0 Å². The lowest BCUT2D eigenvalue weighted by Gasteiger charge is -2.13. The van der Waals surface area contributed by atoms with E-state index >= 15 is 0 Å². The number of nitrogens with zero attached hydrogens (tertiary/aromatic N) is 1. The van der Waals surface area contributed by atoms with Gasteiger partial charge < -0.3 is 9.55 Å². The lowest BCUT2D eigenvalue weighted by atomic mass is 9.93. The van der Waals surface area contributed by atoms with Gasteiger partial charge in [-0.3, -0.25) is 0 Å². The topological polar surface area (TPSA) is 20.7 Å². The molecule has 0 amide bonds. The van der Waals surface area contributed by atoms with Crippen LogP contribution >= 0.6 is 0 Å².